The molecule has 0 saturated carbocycles. The molecule has 4 aromatic heterocycles. The standard InChI is InChI=1S/C41H32N6O4/c1-25-9-11-43-39(17-25)50-33-15-27(3)13-31(19-33)48-29-5-7-35-36-8-6-30(22-38(36)47(37(35)21-29)41-45-23-42-24-46-41)49-32-14-28(4)16-34(20-32)51-40-18-26(2)10-12-44-40/h5-24H,1-4H3. The predicted molar refractivity (Wildman–Crippen MR) is 195 cm³/mol. The summed E-state index contributed by atoms with van der Waals surface area (Å²) >= 11 is 0. The van der Waals surface area contributed by atoms with E-state index in [4.69, 9.17) is 18.9 Å². The van der Waals surface area contributed by atoms with Crippen LogP contribution in [-0.4, -0.2) is 29.5 Å². The molecule has 0 atom stereocenters. The molecule has 0 aliphatic rings. The molecule has 0 N–H and O–H groups in total. The highest BCUT2D eigenvalue weighted by Gasteiger charge is 2.17. The van der Waals surface area contributed by atoms with Gasteiger partial charge in [-0.15, -0.1) is 0 Å². The van der Waals surface area contributed by atoms with E-state index in [1.807, 2.05) is 129 Å². The number of hydrogen-bond acceptors (Lipinski definition) is 9. The van der Waals surface area contributed by atoms with E-state index in [-0.39, 0.29) is 0 Å². The number of pyridine rings is 2. The third-order valence-electron chi connectivity index (χ3n) is 8.14. The molecule has 0 aliphatic heterocycles. The lowest BCUT2D eigenvalue weighted by Crippen LogP contribution is -2.01. The molecule has 10 nitrogen and oxygen atoms in total. The smallest absolute Gasteiger partial charge is 0.237 e. The van der Waals surface area contributed by atoms with Crippen LogP contribution in [-0.2, 0) is 0 Å². The third-order valence-corrected chi connectivity index (χ3v) is 8.14. The summed E-state index contributed by atoms with van der Waals surface area (Å²) in [5.41, 5.74) is 5.82. The van der Waals surface area contributed by atoms with Crippen molar-refractivity contribution in [2.45, 2.75) is 27.7 Å². The minimum atomic E-state index is 0.466. The highest BCUT2D eigenvalue weighted by Crippen LogP contribution is 2.38. The Morgan fingerprint density at radius 2 is 0.863 bits per heavy atom. The molecule has 8 rings (SSSR count). The Morgan fingerprint density at radius 3 is 1.31 bits per heavy atom. The summed E-state index contributed by atoms with van der Waals surface area (Å²) in [5, 5.41) is 2.00. The zero-order valence-corrected chi connectivity index (χ0v) is 28.4. The average Bonchev–Trinajstić information content (AvgIpc) is 3.41. The van der Waals surface area contributed by atoms with E-state index in [1.54, 1.807) is 12.4 Å². The van der Waals surface area contributed by atoms with Gasteiger partial charge in [0.2, 0.25) is 17.7 Å². The van der Waals surface area contributed by atoms with E-state index in [0.29, 0.717) is 52.2 Å². The summed E-state index contributed by atoms with van der Waals surface area (Å²) in [7, 11) is 0. The molecule has 0 saturated heterocycles. The normalized spacial score (nSPS) is 11.1. The van der Waals surface area contributed by atoms with Crippen LogP contribution in [0.1, 0.15) is 22.3 Å². The maximum absolute atomic E-state index is 6.42. The number of aryl methyl sites for hydroxylation is 4. The maximum Gasteiger partial charge on any atom is 0.237 e. The Bertz CT molecular complexity index is 2400. The van der Waals surface area contributed by atoms with E-state index in [0.717, 1.165) is 44.1 Å². The molecule has 0 fully saturated rings. The molecule has 0 spiro atoms. The molecule has 4 aromatic carbocycles. The number of nitrogens with zero attached hydrogens (tertiary/aromatic N) is 6. The van der Waals surface area contributed by atoms with Crippen LogP contribution in [0, 0.1) is 27.7 Å². The van der Waals surface area contributed by atoms with Gasteiger partial charge in [-0.2, -0.15) is 0 Å². The van der Waals surface area contributed by atoms with Gasteiger partial charge in [0.25, 0.3) is 0 Å². The van der Waals surface area contributed by atoms with Gasteiger partial charge in [-0.3, -0.25) is 4.57 Å². The maximum atomic E-state index is 6.42. The fourth-order valence-electron chi connectivity index (χ4n) is 5.98. The zero-order valence-electron chi connectivity index (χ0n) is 28.4. The largest absolute Gasteiger partial charge is 0.457 e. The molecule has 0 aliphatic carbocycles. The number of hydrogen-bond donors (Lipinski definition) is 0. The Morgan fingerprint density at radius 1 is 0.412 bits per heavy atom. The van der Waals surface area contributed by atoms with E-state index in [2.05, 4.69) is 24.9 Å². The molecule has 0 radical (unpaired) electrons. The molecule has 51 heavy (non-hydrogen) atoms. The third kappa shape index (κ3) is 6.88. The minimum absolute atomic E-state index is 0.466. The van der Waals surface area contributed by atoms with Crippen LogP contribution in [0.3, 0.4) is 0 Å². The highest BCUT2D eigenvalue weighted by molar-refractivity contribution is 6.09. The Kier molecular flexibility index (Phi) is 8.17. The quantitative estimate of drug-likeness (QED) is 0.148. The van der Waals surface area contributed by atoms with E-state index < -0.39 is 0 Å². The van der Waals surface area contributed by atoms with Gasteiger partial charge in [0.05, 0.1) is 11.0 Å². The average molecular weight is 673 g/mol. The van der Waals surface area contributed by atoms with E-state index >= 15 is 0 Å². The highest BCUT2D eigenvalue weighted by atomic mass is 16.5. The fraction of sp³-hybridized carbons (Fsp3) is 0.0976. The number of fused-ring (bicyclic) bond motifs is 3. The molecular formula is C41H32N6O4. The molecule has 10 heteroatoms. The first-order valence-electron chi connectivity index (χ1n) is 16.3. The monoisotopic (exact) mass is 672 g/mol. The number of benzene rings is 4. The van der Waals surface area contributed by atoms with Crippen LogP contribution in [0.4, 0.5) is 0 Å². The lowest BCUT2D eigenvalue weighted by molar-refractivity contribution is 0.447. The van der Waals surface area contributed by atoms with Crippen molar-refractivity contribution in [3.63, 3.8) is 0 Å². The molecule has 8 aromatic rings. The molecule has 4 heterocycles. The van der Waals surface area contributed by atoms with Crippen LogP contribution in [0.2, 0.25) is 0 Å². The zero-order chi connectivity index (χ0) is 34.9. The van der Waals surface area contributed by atoms with Gasteiger partial charge in [-0.05, 0) is 111 Å². The molecular weight excluding hydrogens is 640 g/mol. The lowest BCUT2D eigenvalue weighted by atomic mass is 10.1. The van der Waals surface area contributed by atoms with E-state index in [9.17, 15) is 0 Å². The second kappa shape index (κ2) is 13.2. The second-order valence-corrected chi connectivity index (χ2v) is 12.3. The number of aromatic nitrogens is 6. The van der Waals surface area contributed by atoms with Crippen molar-refractivity contribution in [3.8, 4) is 52.2 Å². The summed E-state index contributed by atoms with van der Waals surface area (Å²) in [6, 6.07) is 31.1. The summed E-state index contributed by atoms with van der Waals surface area (Å²) in [6.45, 7) is 7.99. The molecule has 0 bridgehead atoms. The van der Waals surface area contributed by atoms with Crippen molar-refractivity contribution in [2.24, 2.45) is 0 Å². The topological polar surface area (TPSA) is 106 Å². The first-order valence-corrected chi connectivity index (χ1v) is 16.3. The van der Waals surface area contributed by atoms with Gasteiger partial charge in [-0.1, -0.05) is 0 Å². The second-order valence-electron chi connectivity index (χ2n) is 12.3. The number of ether oxygens (including phenoxy) is 4. The molecule has 0 unspecified atom stereocenters. The first kappa shape index (κ1) is 31.5. The van der Waals surface area contributed by atoms with Crippen molar-refractivity contribution in [1.29, 1.82) is 0 Å². The Labute approximate surface area is 294 Å². The lowest BCUT2D eigenvalue weighted by Gasteiger charge is -2.12. The molecule has 250 valence electrons. The predicted octanol–water partition coefficient (Wildman–Crippen LogP) is 10.2. The van der Waals surface area contributed by atoms with Gasteiger partial charge in [0, 0.05) is 59.6 Å². The van der Waals surface area contributed by atoms with Crippen LogP contribution >= 0.6 is 0 Å². The van der Waals surface area contributed by atoms with Crippen LogP contribution < -0.4 is 18.9 Å². The summed E-state index contributed by atoms with van der Waals surface area (Å²) < 4.78 is 27.0. The minimum Gasteiger partial charge on any atom is -0.457 e. The van der Waals surface area contributed by atoms with Crippen molar-refractivity contribution in [3.05, 3.63) is 144 Å². The van der Waals surface area contributed by atoms with Crippen LogP contribution in [0.15, 0.2) is 122 Å². The summed E-state index contributed by atoms with van der Waals surface area (Å²) in [5.74, 6) is 5.32. The SMILES string of the molecule is Cc1cc(Oc2ccc3c4ccc(Oc5cc(C)cc(Oc6cc(C)ccn6)c5)cc4n(-c4ncncn4)c3c2)cc(Oc2cc(C)ccn2)c1. The van der Waals surface area contributed by atoms with Crippen molar-refractivity contribution < 1.29 is 18.9 Å². The Hall–Kier alpha value is -6.81. The van der Waals surface area contributed by atoms with Gasteiger partial charge >= 0.3 is 0 Å². The Balaban J connectivity index is 1.14. The van der Waals surface area contributed by atoms with Crippen molar-refractivity contribution in [2.75, 3.05) is 0 Å². The van der Waals surface area contributed by atoms with Crippen molar-refractivity contribution >= 4 is 21.8 Å². The van der Waals surface area contributed by atoms with Gasteiger partial charge in [0.15, 0.2) is 0 Å². The first-order chi connectivity index (χ1) is 24.8. The van der Waals surface area contributed by atoms with Gasteiger partial charge in [-0.25, -0.2) is 24.9 Å². The summed E-state index contributed by atoms with van der Waals surface area (Å²) in [4.78, 5) is 21.7. The van der Waals surface area contributed by atoms with Gasteiger partial charge in [0.1, 0.15) is 47.2 Å². The van der Waals surface area contributed by atoms with E-state index in [1.165, 1.54) is 12.7 Å². The van der Waals surface area contributed by atoms with Crippen molar-refractivity contribution in [1.82, 2.24) is 29.5 Å². The number of rotatable bonds is 9. The molecule has 0 amide bonds. The summed E-state index contributed by atoms with van der Waals surface area (Å²) in [6.07, 6.45) is 6.42. The van der Waals surface area contributed by atoms with Crippen LogP contribution in [0.25, 0.3) is 27.8 Å². The fourth-order valence-corrected chi connectivity index (χ4v) is 5.98. The van der Waals surface area contributed by atoms with Crippen LogP contribution in [0.5, 0.6) is 46.3 Å². The van der Waals surface area contributed by atoms with Gasteiger partial charge < -0.3 is 18.9 Å².